The molecule has 24 rings (SSSR count). The summed E-state index contributed by atoms with van der Waals surface area (Å²) in [7, 11) is -2.07. The zero-order valence-corrected chi connectivity index (χ0v) is 69.1. The van der Waals surface area contributed by atoms with Gasteiger partial charge in [0.15, 0.2) is 0 Å². The van der Waals surface area contributed by atoms with Crippen LogP contribution in [0.15, 0.2) is 413 Å². The Morgan fingerprint density at radius 3 is 0.915 bits per heavy atom. The van der Waals surface area contributed by atoms with Gasteiger partial charge in [-0.1, -0.05) is 183 Å². The fourth-order valence-electron chi connectivity index (χ4n) is 20.1. The first-order valence-corrected chi connectivity index (χ1v) is 50.5. The molecule has 0 fully saturated rings. The predicted octanol–water partition coefficient (Wildman–Crippen LogP) is 27.4. The first-order chi connectivity index (χ1) is 58.1. The van der Waals surface area contributed by atoms with Crippen LogP contribution in [-0.4, -0.2) is 39.6 Å². The van der Waals surface area contributed by atoms with Crippen molar-refractivity contribution in [2.75, 3.05) is 0 Å². The summed E-state index contributed by atoms with van der Waals surface area (Å²) in [5.74, 6) is 5.17. The molecule has 0 N–H and O–H groups in total. The maximum absolute atomic E-state index is 2.73. The van der Waals surface area contributed by atoms with E-state index in [9.17, 15) is 0 Å². The summed E-state index contributed by atoms with van der Waals surface area (Å²) in [5.41, 5.74) is 35.3. The summed E-state index contributed by atoms with van der Waals surface area (Å²) in [6.45, 7) is 5.07. The molecule has 6 heteroatoms. The summed E-state index contributed by atoms with van der Waals surface area (Å²) in [5, 5.41) is 13.3. The fourth-order valence-corrected chi connectivity index (χ4v) is 29.8. The molecule has 0 amide bonds. The van der Waals surface area contributed by atoms with E-state index in [0.29, 0.717) is 0 Å². The van der Waals surface area contributed by atoms with Crippen LogP contribution >= 0.6 is 0 Å². The van der Waals surface area contributed by atoms with Crippen molar-refractivity contribution < 1.29 is 0 Å². The zero-order chi connectivity index (χ0) is 78.5. The van der Waals surface area contributed by atoms with Gasteiger partial charge in [-0.05, 0) is 109 Å². The van der Waals surface area contributed by atoms with Crippen LogP contribution in [-0.2, 0) is 0 Å². The first kappa shape index (κ1) is 69.4. The van der Waals surface area contributed by atoms with Crippen LogP contribution in [0.2, 0.25) is 24.6 Å². The molecule has 0 atom stereocenters. The van der Waals surface area contributed by atoms with Gasteiger partial charge >= 0.3 is 330 Å². The van der Waals surface area contributed by atoms with Crippen LogP contribution in [0.25, 0.3) is 199 Å². The van der Waals surface area contributed by atoms with Crippen LogP contribution in [0.1, 0.15) is 0 Å². The van der Waals surface area contributed by atoms with Gasteiger partial charge in [-0.25, -0.2) is 0 Å². The summed E-state index contributed by atoms with van der Waals surface area (Å²) in [6, 6.07) is 153. The van der Waals surface area contributed by atoms with Gasteiger partial charge in [0.25, 0.3) is 0 Å². The minimum absolute atomic E-state index is 1.17. The summed E-state index contributed by atoms with van der Waals surface area (Å²) < 4.78 is 12.8. The molecular formula is C112H80GeN4Si. The predicted molar refractivity (Wildman–Crippen MR) is 507 cm³/mol. The molecule has 556 valence electrons. The van der Waals surface area contributed by atoms with E-state index >= 15 is 0 Å². The van der Waals surface area contributed by atoms with Gasteiger partial charge < -0.3 is 9.13 Å². The molecule has 6 heterocycles. The average molecular weight is 1580 g/mol. The minimum atomic E-state index is -2.73. The number of fused-ring (bicyclic) bond motifs is 18. The van der Waals surface area contributed by atoms with Gasteiger partial charge in [-0.2, -0.15) is 0 Å². The topological polar surface area (TPSA) is 19.7 Å². The number of rotatable bonds is 10. The molecule has 0 bridgehead atoms. The molecule has 2 aliphatic heterocycles. The molecule has 0 aliphatic carbocycles. The standard InChI is InChI=1S/C56H40GeN2.C56H40N2Si/c1-57(2)50-34-39(40-26-31-47-49-33-38(37-15-6-3-7-16-37)28-32-53(49)59(55(47)36-40)43-19-10-5-11-20-43)25-29-45(50)46-30-27-41(35-51(46)57)44-22-14-24-54-56(44)48-21-12-13-23-52(48)58(54)42-17-8-4-9-18-42;1-59(2)54-35-40(39-25-29-45-49-33-38(37-15-6-3-7-16-37)28-32-51(49)58(53(45)34-39)43-19-10-5-11-20-43)26-30-46(54)47-31-27-41(36-55(47)59)44-22-14-24-52-56(44)48-21-12-13-23-50(48)57(52)42-17-8-4-9-18-42/h2*3-36H,1-2H3. The number of benzene rings is 18. The molecule has 4 aromatic heterocycles. The third kappa shape index (κ3) is 10.9. The van der Waals surface area contributed by atoms with E-state index in [0.717, 1.165) is 0 Å². The third-order valence-corrected chi connectivity index (χ3v) is 36.7. The second-order valence-electron chi connectivity index (χ2n) is 33.1. The second-order valence-corrected chi connectivity index (χ2v) is 46.5. The van der Waals surface area contributed by atoms with Crippen LogP contribution in [0.4, 0.5) is 0 Å². The van der Waals surface area contributed by atoms with Crippen LogP contribution in [0.5, 0.6) is 0 Å². The molecule has 0 unspecified atom stereocenters. The molecular weight excluding hydrogens is 1500 g/mol. The van der Waals surface area contributed by atoms with E-state index in [1.807, 2.05) is 0 Å². The molecule has 18 aromatic carbocycles. The van der Waals surface area contributed by atoms with Crippen LogP contribution < -0.4 is 19.2 Å². The fraction of sp³-hybridized carbons (Fsp3) is 0.0357. The summed E-state index contributed by atoms with van der Waals surface area (Å²) in [4.78, 5) is 0. The molecule has 0 spiro atoms. The number of hydrogen-bond donors (Lipinski definition) is 0. The van der Waals surface area contributed by atoms with Crippen LogP contribution in [0, 0.1) is 0 Å². The van der Waals surface area contributed by atoms with Gasteiger partial charge in [0.1, 0.15) is 8.07 Å². The zero-order valence-electron chi connectivity index (χ0n) is 66.0. The molecule has 0 saturated heterocycles. The Balaban J connectivity index is 0.000000138. The van der Waals surface area contributed by atoms with E-state index in [2.05, 4.69) is 455 Å². The van der Waals surface area contributed by atoms with Crippen molar-refractivity contribution in [2.45, 2.75) is 24.6 Å². The van der Waals surface area contributed by atoms with Crippen molar-refractivity contribution >= 4 is 128 Å². The Morgan fingerprint density at radius 2 is 0.483 bits per heavy atom. The van der Waals surface area contributed by atoms with Crippen LogP contribution in [0.3, 0.4) is 0 Å². The van der Waals surface area contributed by atoms with E-state index in [1.165, 1.54) is 209 Å². The molecule has 0 saturated carbocycles. The van der Waals surface area contributed by atoms with Crippen molar-refractivity contribution in [1.82, 2.24) is 18.3 Å². The van der Waals surface area contributed by atoms with Crippen molar-refractivity contribution in [2.24, 2.45) is 0 Å². The molecule has 2 aliphatic rings. The van der Waals surface area contributed by atoms with E-state index < -0.39 is 21.3 Å². The van der Waals surface area contributed by atoms with Crippen molar-refractivity contribution in [3.8, 4) is 112 Å². The summed E-state index contributed by atoms with van der Waals surface area (Å²) >= 11 is -2.73. The Kier molecular flexibility index (Phi) is 16.1. The van der Waals surface area contributed by atoms with Gasteiger partial charge in [-0.3, -0.25) is 0 Å². The Labute approximate surface area is 689 Å². The van der Waals surface area contributed by atoms with Gasteiger partial charge in [-0.15, -0.1) is 0 Å². The Morgan fingerprint density at radius 1 is 0.186 bits per heavy atom. The van der Waals surface area contributed by atoms with Gasteiger partial charge in [0.2, 0.25) is 0 Å². The third-order valence-electron chi connectivity index (χ3n) is 25.8. The number of para-hydroxylation sites is 6. The molecule has 4 nitrogen and oxygen atoms in total. The Bertz CT molecular complexity index is 7360. The average Bonchev–Trinajstić information content (AvgIpc) is 1.56. The van der Waals surface area contributed by atoms with Crippen molar-refractivity contribution in [3.63, 3.8) is 0 Å². The van der Waals surface area contributed by atoms with E-state index in [-0.39, 0.29) is 0 Å². The second kappa shape index (κ2) is 27.3. The normalized spacial score (nSPS) is 13.1. The number of hydrogen-bond acceptors (Lipinski definition) is 0. The molecule has 118 heavy (non-hydrogen) atoms. The van der Waals surface area contributed by atoms with Crippen molar-refractivity contribution in [1.29, 1.82) is 0 Å². The molecule has 0 radical (unpaired) electrons. The number of nitrogens with zero attached hydrogens (tertiary/aromatic N) is 4. The quantitative estimate of drug-likeness (QED) is 0.122. The first-order valence-electron chi connectivity index (χ1n) is 41.2. The maximum atomic E-state index is 2.58. The van der Waals surface area contributed by atoms with Gasteiger partial charge in [0, 0.05) is 32.9 Å². The molecule has 22 aromatic rings. The summed E-state index contributed by atoms with van der Waals surface area (Å²) in [6.07, 6.45) is 0. The SMILES string of the molecule is C[Si]1(C)c2cc(-c3ccc4c5cc(-c6ccccc6)ccc5n(-c5ccccc5)c4c3)ccc2-c2ccc(-c3cccc4c3c3ccccc3n4-c3ccccc3)cc21.[CH3][Ge]1([CH3])[c]2cc(-c3ccc4c5cc(-c6ccccc6)ccc5n(-c5ccccc5)c4c3)ccc2-c2ccc(-c3cccc4c3c3ccccc3n4-c3ccccc3)c[c]21. The number of aromatic nitrogens is 4. The van der Waals surface area contributed by atoms with E-state index in [1.54, 1.807) is 8.79 Å². The van der Waals surface area contributed by atoms with E-state index in [4.69, 9.17) is 0 Å². The van der Waals surface area contributed by atoms with Gasteiger partial charge in [0.05, 0.1) is 22.1 Å². The van der Waals surface area contributed by atoms with Crippen molar-refractivity contribution in [3.05, 3.63) is 413 Å². The Hall–Kier alpha value is -14.1. The monoisotopic (exact) mass is 1580 g/mol.